The molecule has 1 heterocycles. The first-order valence-electron chi connectivity index (χ1n) is 6.00. The molecule has 2 aromatic rings. The predicted octanol–water partition coefficient (Wildman–Crippen LogP) is 3.84. The van der Waals surface area contributed by atoms with Crippen molar-refractivity contribution in [2.24, 2.45) is 0 Å². The van der Waals surface area contributed by atoms with E-state index in [4.69, 9.17) is 0 Å². The minimum atomic E-state index is -4.43. The van der Waals surface area contributed by atoms with Crippen molar-refractivity contribution >= 4 is 16.5 Å². The SMILES string of the molecule is CC(Nc1ncc(C(F)(F)F)s1)C(O)c1ccc(F)cc1. The number of nitrogens with zero attached hydrogens (tertiary/aromatic N) is 1. The summed E-state index contributed by atoms with van der Waals surface area (Å²) in [5, 5.41) is 12.9. The highest BCUT2D eigenvalue weighted by Crippen LogP contribution is 2.35. The van der Waals surface area contributed by atoms with E-state index in [1.54, 1.807) is 6.92 Å². The number of aromatic nitrogens is 1. The molecule has 3 nitrogen and oxygen atoms in total. The van der Waals surface area contributed by atoms with Crippen molar-refractivity contribution in [3.05, 3.63) is 46.7 Å². The molecule has 8 heteroatoms. The van der Waals surface area contributed by atoms with Crippen molar-refractivity contribution in [1.82, 2.24) is 4.98 Å². The molecule has 21 heavy (non-hydrogen) atoms. The predicted molar refractivity (Wildman–Crippen MR) is 71.6 cm³/mol. The van der Waals surface area contributed by atoms with Gasteiger partial charge in [-0.3, -0.25) is 0 Å². The van der Waals surface area contributed by atoms with Gasteiger partial charge in [0.2, 0.25) is 0 Å². The molecule has 0 saturated heterocycles. The highest BCUT2D eigenvalue weighted by atomic mass is 32.1. The lowest BCUT2D eigenvalue weighted by Gasteiger charge is -2.20. The average Bonchev–Trinajstić information content (AvgIpc) is 2.87. The van der Waals surface area contributed by atoms with E-state index in [0.29, 0.717) is 16.9 Å². The van der Waals surface area contributed by atoms with E-state index >= 15 is 0 Å². The van der Waals surface area contributed by atoms with Crippen LogP contribution in [0.4, 0.5) is 22.7 Å². The Balaban J connectivity index is 2.05. The fourth-order valence-electron chi connectivity index (χ4n) is 1.69. The van der Waals surface area contributed by atoms with Gasteiger partial charge in [-0.2, -0.15) is 13.2 Å². The number of rotatable bonds is 4. The molecule has 0 saturated carbocycles. The maximum atomic E-state index is 12.8. The molecule has 114 valence electrons. The third-order valence-corrected chi connectivity index (χ3v) is 3.79. The number of hydrogen-bond acceptors (Lipinski definition) is 4. The van der Waals surface area contributed by atoms with Crippen LogP contribution in [-0.2, 0) is 6.18 Å². The van der Waals surface area contributed by atoms with E-state index in [1.165, 1.54) is 24.3 Å². The van der Waals surface area contributed by atoms with E-state index in [-0.39, 0.29) is 5.13 Å². The molecular weight excluding hydrogens is 308 g/mol. The number of nitrogens with one attached hydrogen (secondary N) is 1. The fraction of sp³-hybridized carbons (Fsp3) is 0.308. The monoisotopic (exact) mass is 320 g/mol. The Morgan fingerprint density at radius 1 is 1.24 bits per heavy atom. The van der Waals surface area contributed by atoms with Crippen molar-refractivity contribution in [2.45, 2.75) is 25.2 Å². The Labute approximate surface area is 122 Å². The van der Waals surface area contributed by atoms with Crippen molar-refractivity contribution in [3.8, 4) is 0 Å². The van der Waals surface area contributed by atoms with Gasteiger partial charge in [-0.05, 0) is 24.6 Å². The molecule has 1 aromatic heterocycles. The fourth-order valence-corrected chi connectivity index (χ4v) is 2.47. The average molecular weight is 320 g/mol. The Morgan fingerprint density at radius 2 is 1.86 bits per heavy atom. The molecule has 0 amide bonds. The lowest BCUT2D eigenvalue weighted by Crippen LogP contribution is -2.23. The normalized spacial score (nSPS) is 14.8. The first-order valence-corrected chi connectivity index (χ1v) is 6.82. The zero-order valence-electron chi connectivity index (χ0n) is 10.9. The molecule has 2 N–H and O–H groups in total. The van der Waals surface area contributed by atoms with Gasteiger partial charge in [0.25, 0.3) is 0 Å². The summed E-state index contributed by atoms with van der Waals surface area (Å²) in [6.07, 6.45) is -4.69. The summed E-state index contributed by atoms with van der Waals surface area (Å²) in [6.45, 7) is 1.60. The number of aliphatic hydroxyl groups excluding tert-OH is 1. The van der Waals surface area contributed by atoms with Gasteiger partial charge in [-0.25, -0.2) is 9.37 Å². The number of hydrogen-bond donors (Lipinski definition) is 2. The third kappa shape index (κ3) is 3.92. The molecule has 2 unspecified atom stereocenters. The lowest BCUT2D eigenvalue weighted by molar-refractivity contribution is -0.134. The topological polar surface area (TPSA) is 45.2 Å². The zero-order valence-corrected chi connectivity index (χ0v) is 11.7. The number of alkyl halides is 3. The summed E-state index contributed by atoms with van der Waals surface area (Å²) < 4.78 is 50.2. The second kappa shape index (κ2) is 5.98. The van der Waals surface area contributed by atoms with E-state index < -0.39 is 29.0 Å². The number of thiazole rings is 1. The van der Waals surface area contributed by atoms with E-state index in [1.807, 2.05) is 0 Å². The molecule has 0 bridgehead atoms. The standard InChI is InChI=1S/C13H12F4N2OS/c1-7(11(20)8-2-4-9(14)5-3-8)19-12-18-6-10(21-12)13(15,16)17/h2-7,11,20H,1H3,(H,18,19). The van der Waals surface area contributed by atoms with Crippen molar-refractivity contribution < 1.29 is 22.7 Å². The molecule has 0 spiro atoms. The molecule has 0 fully saturated rings. The Hall–Kier alpha value is -1.67. The summed E-state index contributed by atoms with van der Waals surface area (Å²) >= 11 is 0.465. The van der Waals surface area contributed by atoms with Crippen LogP contribution in [0.5, 0.6) is 0 Å². The van der Waals surface area contributed by atoms with Crippen LogP contribution in [0.3, 0.4) is 0 Å². The summed E-state index contributed by atoms with van der Waals surface area (Å²) in [5.41, 5.74) is 0.462. The van der Waals surface area contributed by atoms with Gasteiger partial charge in [-0.1, -0.05) is 23.5 Å². The van der Waals surface area contributed by atoms with Crippen LogP contribution >= 0.6 is 11.3 Å². The molecule has 2 atom stereocenters. The van der Waals surface area contributed by atoms with Gasteiger partial charge >= 0.3 is 6.18 Å². The number of halogens is 4. The van der Waals surface area contributed by atoms with Crippen LogP contribution in [0, 0.1) is 5.82 Å². The number of benzene rings is 1. The highest BCUT2D eigenvalue weighted by molar-refractivity contribution is 7.15. The minimum Gasteiger partial charge on any atom is -0.386 e. The van der Waals surface area contributed by atoms with Crippen LogP contribution < -0.4 is 5.32 Å². The third-order valence-electron chi connectivity index (χ3n) is 2.82. The van der Waals surface area contributed by atoms with Crippen molar-refractivity contribution in [2.75, 3.05) is 5.32 Å². The van der Waals surface area contributed by atoms with Crippen molar-refractivity contribution in [1.29, 1.82) is 0 Å². The maximum Gasteiger partial charge on any atom is 0.427 e. The van der Waals surface area contributed by atoms with Gasteiger partial charge in [-0.15, -0.1) is 0 Å². The molecule has 0 aliphatic rings. The van der Waals surface area contributed by atoms with Crippen LogP contribution in [-0.4, -0.2) is 16.1 Å². The van der Waals surface area contributed by atoms with Crippen LogP contribution in [0.25, 0.3) is 0 Å². The smallest absolute Gasteiger partial charge is 0.386 e. The molecule has 0 aliphatic heterocycles. The van der Waals surface area contributed by atoms with Crippen LogP contribution in [0.1, 0.15) is 23.5 Å². The van der Waals surface area contributed by atoms with Gasteiger partial charge in [0, 0.05) is 0 Å². The Bertz CT molecular complexity index is 597. The Morgan fingerprint density at radius 3 is 2.38 bits per heavy atom. The van der Waals surface area contributed by atoms with Gasteiger partial charge in [0.15, 0.2) is 5.13 Å². The molecular formula is C13H12F4N2OS. The van der Waals surface area contributed by atoms with Gasteiger partial charge in [0.1, 0.15) is 10.7 Å². The molecule has 2 rings (SSSR count). The first-order chi connectivity index (χ1) is 9.77. The van der Waals surface area contributed by atoms with E-state index in [0.717, 1.165) is 6.20 Å². The van der Waals surface area contributed by atoms with Gasteiger partial charge in [0.05, 0.1) is 18.3 Å². The largest absolute Gasteiger partial charge is 0.427 e. The lowest BCUT2D eigenvalue weighted by atomic mass is 10.0. The second-order valence-corrected chi connectivity index (χ2v) is 5.49. The van der Waals surface area contributed by atoms with Gasteiger partial charge < -0.3 is 10.4 Å². The van der Waals surface area contributed by atoms with Crippen molar-refractivity contribution in [3.63, 3.8) is 0 Å². The summed E-state index contributed by atoms with van der Waals surface area (Å²) in [5.74, 6) is -0.429. The summed E-state index contributed by atoms with van der Waals surface area (Å²) in [7, 11) is 0. The maximum absolute atomic E-state index is 12.8. The first kappa shape index (κ1) is 15.7. The second-order valence-electron chi connectivity index (χ2n) is 4.46. The number of aliphatic hydroxyl groups is 1. The summed E-state index contributed by atoms with van der Waals surface area (Å²) in [6, 6.07) is 4.66. The van der Waals surface area contributed by atoms with E-state index in [9.17, 15) is 22.7 Å². The highest BCUT2D eigenvalue weighted by Gasteiger charge is 2.33. The van der Waals surface area contributed by atoms with E-state index in [2.05, 4.69) is 10.3 Å². The molecule has 0 aliphatic carbocycles. The van der Waals surface area contributed by atoms with Crippen LogP contribution in [0.2, 0.25) is 0 Å². The zero-order chi connectivity index (χ0) is 15.6. The number of anilines is 1. The van der Waals surface area contributed by atoms with Crippen LogP contribution in [0.15, 0.2) is 30.5 Å². The molecule has 0 radical (unpaired) electrons. The molecule has 1 aromatic carbocycles. The minimum absolute atomic E-state index is 0.0657. The summed E-state index contributed by atoms with van der Waals surface area (Å²) in [4.78, 5) is 2.82. The Kier molecular flexibility index (Phi) is 4.48. The quantitative estimate of drug-likeness (QED) is 0.842.